The maximum Gasteiger partial charge on any atom is 0.131 e. The third kappa shape index (κ3) is 6.41. The van der Waals surface area contributed by atoms with Crippen molar-refractivity contribution in [2.75, 3.05) is 19.4 Å². The molecule has 0 aliphatic carbocycles. The van der Waals surface area contributed by atoms with E-state index in [9.17, 15) is 0 Å². The summed E-state index contributed by atoms with van der Waals surface area (Å²) in [5.41, 5.74) is 0. The smallest absolute Gasteiger partial charge is 0.131 e. The Hall–Kier alpha value is 0.415. The van der Waals surface area contributed by atoms with Crippen LogP contribution in [-0.4, -0.2) is 32.1 Å². The van der Waals surface area contributed by atoms with Crippen molar-refractivity contribution < 1.29 is 5.11 Å². The Bertz CT molecular complexity index is 34.1. The Balaban J connectivity index is 2.45. The van der Waals surface area contributed by atoms with E-state index in [0.717, 1.165) is 21.3 Å². The van der Waals surface area contributed by atoms with Gasteiger partial charge in [-0.2, -0.15) is 0 Å². The maximum atomic E-state index is 8.23. The molecule has 1 atom stereocenters. The van der Waals surface area contributed by atoms with Crippen molar-refractivity contribution in [2.45, 2.75) is 0 Å². The SMILES string of the molecule is BPCNCCO. The van der Waals surface area contributed by atoms with Crippen molar-refractivity contribution in [3.05, 3.63) is 0 Å². The molecule has 0 aromatic carbocycles. The standard InChI is InChI=1S/C3H11BNOP/c4-7-3-5-1-2-6/h5-7H,1-4H2. The number of hydrogen-bond donors (Lipinski definition) is 2. The molecule has 0 saturated carbocycles. The predicted molar refractivity (Wildman–Crippen MR) is 36.8 cm³/mol. The number of hydrogen-bond acceptors (Lipinski definition) is 2. The summed E-state index contributed by atoms with van der Waals surface area (Å²) in [6.45, 7) is 0.991. The highest BCUT2D eigenvalue weighted by Crippen LogP contribution is 1.92. The van der Waals surface area contributed by atoms with Crippen molar-refractivity contribution in [2.24, 2.45) is 0 Å². The molecular formula is C3H11BNOP. The molecule has 0 rings (SSSR count). The van der Waals surface area contributed by atoms with Crippen LogP contribution >= 0.6 is 8.46 Å². The van der Waals surface area contributed by atoms with Crippen LogP contribution < -0.4 is 5.32 Å². The van der Waals surface area contributed by atoms with Gasteiger partial charge in [-0.25, -0.2) is 0 Å². The van der Waals surface area contributed by atoms with Crippen molar-refractivity contribution in [1.82, 2.24) is 5.32 Å². The molecule has 1 unspecified atom stereocenters. The molecule has 0 fully saturated rings. The van der Waals surface area contributed by atoms with Gasteiger partial charge in [0.25, 0.3) is 0 Å². The summed E-state index contributed by atoms with van der Waals surface area (Å²) >= 11 is 0. The summed E-state index contributed by atoms with van der Waals surface area (Å²) in [5, 5.41) is 11.3. The monoisotopic (exact) mass is 119 g/mol. The van der Waals surface area contributed by atoms with E-state index in [4.69, 9.17) is 5.11 Å². The maximum absolute atomic E-state index is 8.23. The molecule has 0 aromatic rings. The van der Waals surface area contributed by atoms with Gasteiger partial charge in [0, 0.05) is 12.8 Å². The molecule has 0 amide bonds. The lowest BCUT2D eigenvalue weighted by molar-refractivity contribution is 0.295. The van der Waals surface area contributed by atoms with E-state index in [2.05, 4.69) is 12.9 Å². The summed E-state index contributed by atoms with van der Waals surface area (Å²) in [7, 11) is 3.07. The molecular weight excluding hydrogens is 108 g/mol. The van der Waals surface area contributed by atoms with Crippen molar-refractivity contribution >= 4 is 16.0 Å². The highest BCUT2D eigenvalue weighted by atomic mass is 31.1. The highest BCUT2D eigenvalue weighted by Gasteiger charge is 1.77. The van der Waals surface area contributed by atoms with Crippen LogP contribution in [0.1, 0.15) is 0 Å². The molecule has 0 aliphatic heterocycles. The minimum atomic E-state index is 0.254. The van der Waals surface area contributed by atoms with Gasteiger partial charge in [0.05, 0.1) is 6.61 Å². The third-order valence-electron chi connectivity index (χ3n) is 0.590. The van der Waals surface area contributed by atoms with Gasteiger partial charge >= 0.3 is 0 Å². The van der Waals surface area contributed by atoms with Crippen LogP contribution in [-0.2, 0) is 0 Å². The average Bonchev–Trinajstić information content (AvgIpc) is 1.69. The quantitative estimate of drug-likeness (QED) is 0.275. The third-order valence-corrected chi connectivity index (χ3v) is 1.19. The highest BCUT2D eigenvalue weighted by molar-refractivity contribution is 7.66. The molecule has 42 valence electrons. The van der Waals surface area contributed by atoms with Crippen molar-refractivity contribution in [3.8, 4) is 0 Å². The van der Waals surface area contributed by atoms with E-state index < -0.39 is 0 Å². The molecule has 0 heterocycles. The molecule has 0 spiro atoms. The number of aliphatic hydroxyl groups excluding tert-OH is 1. The predicted octanol–water partition coefficient (Wildman–Crippen LogP) is -1.25. The molecule has 4 heteroatoms. The van der Waals surface area contributed by atoms with E-state index >= 15 is 0 Å². The first-order valence-corrected chi connectivity index (χ1v) is 4.08. The van der Waals surface area contributed by atoms with Crippen LogP contribution in [0.25, 0.3) is 0 Å². The number of aliphatic hydroxyl groups is 1. The zero-order valence-corrected chi connectivity index (χ0v) is 5.57. The zero-order valence-electron chi connectivity index (χ0n) is 4.57. The van der Waals surface area contributed by atoms with Crippen molar-refractivity contribution in [3.63, 3.8) is 0 Å². The summed E-state index contributed by atoms with van der Waals surface area (Å²) in [4.78, 5) is 0. The van der Waals surface area contributed by atoms with E-state index in [0.29, 0.717) is 0 Å². The molecule has 0 aliphatic rings. The molecule has 0 radical (unpaired) electrons. The van der Waals surface area contributed by atoms with Crippen LogP contribution in [0.5, 0.6) is 0 Å². The Morgan fingerprint density at radius 1 is 1.71 bits per heavy atom. The first kappa shape index (κ1) is 7.41. The van der Waals surface area contributed by atoms with Crippen LogP contribution in [0, 0.1) is 0 Å². The largest absolute Gasteiger partial charge is 0.395 e. The number of rotatable bonds is 4. The Morgan fingerprint density at radius 2 is 2.43 bits per heavy atom. The van der Waals surface area contributed by atoms with Gasteiger partial charge in [0.1, 0.15) is 7.57 Å². The molecule has 2 nitrogen and oxygen atoms in total. The van der Waals surface area contributed by atoms with Crippen LogP contribution in [0.15, 0.2) is 0 Å². The normalized spacial score (nSPS) is 11.0. The molecule has 0 bridgehead atoms. The average molecular weight is 119 g/mol. The van der Waals surface area contributed by atoms with Gasteiger partial charge in [0.15, 0.2) is 0 Å². The van der Waals surface area contributed by atoms with E-state index in [1.807, 2.05) is 0 Å². The second kappa shape index (κ2) is 6.41. The molecule has 0 saturated heterocycles. The number of nitrogens with one attached hydrogen (secondary N) is 1. The summed E-state index contributed by atoms with van der Waals surface area (Å²) in [6.07, 6.45) is 1.04. The van der Waals surface area contributed by atoms with Gasteiger partial charge in [-0.1, -0.05) is 0 Å². The fourth-order valence-corrected chi connectivity index (χ4v) is 0.719. The van der Waals surface area contributed by atoms with Gasteiger partial charge < -0.3 is 10.4 Å². The Labute approximate surface area is 46.8 Å². The minimum absolute atomic E-state index is 0.254. The molecule has 7 heavy (non-hydrogen) atoms. The zero-order chi connectivity index (χ0) is 5.54. The fraction of sp³-hybridized carbons (Fsp3) is 1.00. The summed E-state index contributed by atoms with van der Waals surface area (Å²) < 4.78 is 0. The second-order valence-electron chi connectivity index (χ2n) is 1.25. The van der Waals surface area contributed by atoms with E-state index in [1.165, 1.54) is 0 Å². The molecule has 0 aromatic heterocycles. The lowest BCUT2D eigenvalue weighted by atomic mass is 10.7. The first-order valence-electron chi connectivity index (χ1n) is 2.38. The van der Waals surface area contributed by atoms with E-state index in [-0.39, 0.29) is 6.61 Å². The Kier molecular flexibility index (Phi) is 6.80. The van der Waals surface area contributed by atoms with E-state index in [1.54, 1.807) is 0 Å². The molecule has 2 N–H and O–H groups in total. The lowest BCUT2D eigenvalue weighted by Gasteiger charge is -1.95. The van der Waals surface area contributed by atoms with Crippen LogP contribution in [0.2, 0.25) is 0 Å². The van der Waals surface area contributed by atoms with Gasteiger partial charge in [0.2, 0.25) is 0 Å². The van der Waals surface area contributed by atoms with Gasteiger partial charge in [-0.3, -0.25) is 0 Å². The fourth-order valence-electron chi connectivity index (χ4n) is 0.292. The second-order valence-corrected chi connectivity index (χ2v) is 2.31. The van der Waals surface area contributed by atoms with Crippen LogP contribution in [0.3, 0.4) is 0 Å². The van der Waals surface area contributed by atoms with Gasteiger partial charge in [-0.05, 0) is 0 Å². The lowest BCUT2D eigenvalue weighted by Crippen LogP contribution is -2.16. The summed E-state index contributed by atoms with van der Waals surface area (Å²) in [5.74, 6) is 0. The topological polar surface area (TPSA) is 32.3 Å². The van der Waals surface area contributed by atoms with Crippen LogP contribution in [0.4, 0.5) is 0 Å². The summed E-state index contributed by atoms with van der Waals surface area (Å²) in [6, 6.07) is 0. The first-order chi connectivity index (χ1) is 3.41. The Morgan fingerprint density at radius 3 is 2.86 bits per heavy atom. The van der Waals surface area contributed by atoms with Crippen molar-refractivity contribution in [1.29, 1.82) is 0 Å². The minimum Gasteiger partial charge on any atom is -0.395 e. The van der Waals surface area contributed by atoms with Gasteiger partial charge in [-0.15, -0.1) is 8.46 Å².